The van der Waals surface area contributed by atoms with Crippen LogP contribution in [-0.2, 0) is 10.3 Å². The van der Waals surface area contributed by atoms with Gasteiger partial charge in [0.1, 0.15) is 11.3 Å². The molecular formula is C16H17ClN2O2. The van der Waals surface area contributed by atoms with Crippen molar-refractivity contribution in [3.63, 3.8) is 0 Å². The molecule has 1 amide bonds. The van der Waals surface area contributed by atoms with E-state index >= 15 is 0 Å². The second-order valence-corrected chi connectivity index (χ2v) is 5.29. The van der Waals surface area contributed by atoms with Gasteiger partial charge >= 0.3 is 0 Å². The highest BCUT2D eigenvalue weighted by molar-refractivity contribution is 6.30. The molecule has 110 valence electrons. The fraction of sp³-hybridized carbons (Fsp3) is 0.188. The molecule has 0 fully saturated rings. The van der Waals surface area contributed by atoms with E-state index in [1.807, 2.05) is 6.07 Å². The van der Waals surface area contributed by atoms with E-state index in [1.54, 1.807) is 56.5 Å². The molecule has 2 aromatic rings. The Labute approximate surface area is 128 Å². The molecule has 0 aliphatic carbocycles. The molecule has 4 nitrogen and oxygen atoms in total. The van der Waals surface area contributed by atoms with Crippen LogP contribution in [0.4, 0.5) is 5.69 Å². The number of carbonyl (C=O) groups excluding carboxylic acids is 1. The first-order valence-corrected chi connectivity index (χ1v) is 6.81. The molecule has 1 unspecified atom stereocenters. The SMILES string of the molecule is COc1ccc(C(C)(Nc2cccc(Cl)c2)C(N)=O)cc1. The van der Waals surface area contributed by atoms with E-state index < -0.39 is 11.4 Å². The fourth-order valence-corrected chi connectivity index (χ4v) is 2.25. The number of ether oxygens (including phenoxy) is 1. The summed E-state index contributed by atoms with van der Waals surface area (Å²) in [5.41, 5.74) is 6.02. The van der Waals surface area contributed by atoms with Gasteiger partial charge in [-0.1, -0.05) is 29.8 Å². The molecule has 0 aliphatic heterocycles. The van der Waals surface area contributed by atoms with Crippen molar-refractivity contribution in [3.05, 3.63) is 59.1 Å². The van der Waals surface area contributed by atoms with Crippen molar-refractivity contribution in [1.29, 1.82) is 0 Å². The highest BCUT2D eigenvalue weighted by Gasteiger charge is 2.33. The Bertz CT molecular complexity index is 643. The maximum Gasteiger partial charge on any atom is 0.247 e. The van der Waals surface area contributed by atoms with Crippen LogP contribution < -0.4 is 15.8 Å². The molecule has 21 heavy (non-hydrogen) atoms. The van der Waals surface area contributed by atoms with Gasteiger partial charge in [0.05, 0.1) is 7.11 Å². The summed E-state index contributed by atoms with van der Waals surface area (Å²) in [6.07, 6.45) is 0. The molecule has 0 radical (unpaired) electrons. The number of carbonyl (C=O) groups is 1. The average molecular weight is 305 g/mol. The minimum Gasteiger partial charge on any atom is -0.497 e. The number of methoxy groups -OCH3 is 1. The van der Waals surface area contributed by atoms with Gasteiger partial charge in [0.25, 0.3) is 0 Å². The predicted molar refractivity (Wildman–Crippen MR) is 84.6 cm³/mol. The van der Waals surface area contributed by atoms with Crippen LogP contribution in [-0.4, -0.2) is 13.0 Å². The zero-order chi connectivity index (χ0) is 15.5. The molecule has 0 saturated heterocycles. The van der Waals surface area contributed by atoms with Crippen molar-refractivity contribution in [1.82, 2.24) is 0 Å². The Morgan fingerprint density at radius 1 is 1.24 bits per heavy atom. The van der Waals surface area contributed by atoms with Gasteiger partial charge in [0, 0.05) is 10.7 Å². The summed E-state index contributed by atoms with van der Waals surface area (Å²) in [5.74, 6) is 0.237. The standard InChI is InChI=1S/C16H17ClN2O2/c1-16(15(18)20,11-6-8-14(21-2)9-7-11)19-13-5-3-4-12(17)10-13/h3-10,19H,1-2H3,(H2,18,20). The molecule has 0 bridgehead atoms. The summed E-state index contributed by atoms with van der Waals surface area (Å²) in [6.45, 7) is 1.73. The molecule has 2 aromatic carbocycles. The van der Waals surface area contributed by atoms with Crippen LogP contribution in [0.15, 0.2) is 48.5 Å². The normalized spacial score (nSPS) is 13.3. The van der Waals surface area contributed by atoms with Crippen molar-refractivity contribution in [2.24, 2.45) is 5.73 Å². The van der Waals surface area contributed by atoms with E-state index in [0.717, 1.165) is 11.3 Å². The molecule has 0 heterocycles. The quantitative estimate of drug-likeness (QED) is 0.892. The van der Waals surface area contributed by atoms with Crippen molar-refractivity contribution in [2.75, 3.05) is 12.4 Å². The summed E-state index contributed by atoms with van der Waals surface area (Å²) < 4.78 is 5.12. The number of rotatable bonds is 5. The van der Waals surface area contributed by atoms with E-state index in [1.165, 1.54) is 0 Å². The lowest BCUT2D eigenvalue weighted by Crippen LogP contribution is -2.45. The summed E-state index contributed by atoms with van der Waals surface area (Å²) in [6, 6.07) is 14.3. The van der Waals surface area contributed by atoms with E-state index in [2.05, 4.69) is 5.32 Å². The lowest BCUT2D eigenvalue weighted by atomic mass is 9.90. The van der Waals surface area contributed by atoms with Gasteiger partial charge in [0.2, 0.25) is 5.91 Å². The molecule has 0 saturated carbocycles. The van der Waals surface area contributed by atoms with E-state index in [-0.39, 0.29) is 0 Å². The van der Waals surface area contributed by atoms with Crippen LogP contribution in [0.5, 0.6) is 5.75 Å². The Hall–Kier alpha value is -2.20. The second-order valence-electron chi connectivity index (χ2n) is 4.85. The summed E-state index contributed by atoms with van der Waals surface area (Å²) in [4.78, 5) is 12.0. The second kappa shape index (κ2) is 6.06. The molecule has 2 rings (SSSR count). The number of nitrogens with two attached hydrogens (primary N) is 1. The summed E-state index contributed by atoms with van der Waals surface area (Å²) in [5, 5.41) is 3.73. The van der Waals surface area contributed by atoms with Crippen LogP contribution in [0, 0.1) is 0 Å². The van der Waals surface area contributed by atoms with Crippen molar-refractivity contribution >= 4 is 23.2 Å². The third-order valence-corrected chi connectivity index (χ3v) is 3.61. The third kappa shape index (κ3) is 3.28. The fourth-order valence-electron chi connectivity index (χ4n) is 2.06. The molecule has 1 atom stereocenters. The number of amides is 1. The summed E-state index contributed by atoms with van der Waals surface area (Å²) >= 11 is 5.97. The predicted octanol–water partition coefficient (Wildman–Crippen LogP) is 3.16. The van der Waals surface area contributed by atoms with Gasteiger partial charge in [-0.05, 0) is 42.8 Å². The minimum atomic E-state index is -1.04. The Balaban J connectivity index is 2.37. The number of hydrogen-bond acceptors (Lipinski definition) is 3. The zero-order valence-electron chi connectivity index (χ0n) is 11.9. The molecule has 0 spiro atoms. The smallest absolute Gasteiger partial charge is 0.247 e. The lowest BCUT2D eigenvalue weighted by molar-refractivity contribution is -0.122. The van der Waals surface area contributed by atoms with Crippen LogP contribution in [0.2, 0.25) is 5.02 Å². The largest absolute Gasteiger partial charge is 0.497 e. The lowest BCUT2D eigenvalue weighted by Gasteiger charge is -2.29. The number of anilines is 1. The van der Waals surface area contributed by atoms with Crippen LogP contribution >= 0.6 is 11.6 Å². The molecule has 3 N–H and O–H groups in total. The Kier molecular flexibility index (Phi) is 4.38. The van der Waals surface area contributed by atoms with E-state index in [0.29, 0.717) is 10.8 Å². The summed E-state index contributed by atoms with van der Waals surface area (Å²) in [7, 11) is 1.59. The van der Waals surface area contributed by atoms with Gasteiger partial charge in [0.15, 0.2) is 0 Å². The van der Waals surface area contributed by atoms with Gasteiger partial charge in [-0.25, -0.2) is 0 Å². The molecule has 0 aromatic heterocycles. The Morgan fingerprint density at radius 2 is 1.90 bits per heavy atom. The van der Waals surface area contributed by atoms with E-state index in [4.69, 9.17) is 22.1 Å². The monoisotopic (exact) mass is 304 g/mol. The minimum absolute atomic E-state index is 0.479. The first-order valence-electron chi connectivity index (χ1n) is 6.44. The third-order valence-electron chi connectivity index (χ3n) is 3.38. The van der Waals surface area contributed by atoms with Crippen LogP contribution in [0.1, 0.15) is 12.5 Å². The van der Waals surface area contributed by atoms with Gasteiger partial charge in [-0.2, -0.15) is 0 Å². The Morgan fingerprint density at radius 3 is 2.43 bits per heavy atom. The molecule has 5 heteroatoms. The van der Waals surface area contributed by atoms with Crippen molar-refractivity contribution in [3.8, 4) is 5.75 Å². The van der Waals surface area contributed by atoms with Crippen molar-refractivity contribution in [2.45, 2.75) is 12.5 Å². The first-order chi connectivity index (χ1) is 9.95. The number of nitrogens with one attached hydrogen (secondary N) is 1. The number of primary amides is 1. The zero-order valence-corrected chi connectivity index (χ0v) is 12.6. The van der Waals surface area contributed by atoms with Gasteiger partial charge in [-0.15, -0.1) is 0 Å². The number of hydrogen-bond donors (Lipinski definition) is 2. The van der Waals surface area contributed by atoms with Gasteiger partial charge in [-0.3, -0.25) is 4.79 Å². The number of halogens is 1. The average Bonchev–Trinajstić information content (AvgIpc) is 2.47. The van der Waals surface area contributed by atoms with Gasteiger partial charge < -0.3 is 15.8 Å². The highest BCUT2D eigenvalue weighted by Crippen LogP contribution is 2.28. The van der Waals surface area contributed by atoms with Crippen LogP contribution in [0.25, 0.3) is 0 Å². The maximum absolute atomic E-state index is 12.0. The highest BCUT2D eigenvalue weighted by atomic mass is 35.5. The number of benzene rings is 2. The van der Waals surface area contributed by atoms with Crippen LogP contribution in [0.3, 0.4) is 0 Å². The van der Waals surface area contributed by atoms with Crippen molar-refractivity contribution < 1.29 is 9.53 Å². The van der Waals surface area contributed by atoms with E-state index in [9.17, 15) is 4.79 Å². The molecular weight excluding hydrogens is 288 g/mol. The maximum atomic E-state index is 12.0. The molecule has 0 aliphatic rings. The topological polar surface area (TPSA) is 64.3 Å². The first kappa shape index (κ1) is 15.2.